The van der Waals surface area contributed by atoms with Gasteiger partial charge in [0.15, 0.2) is 0 Å². The van der Waals surface area contributed by atoms with E-state index < -0.39 is 29.7 Å². The molecule has 9 nitrogen and oxygen atoms in total. The quantitative estimate of drug-likeness (QED) is 0.399. The van der Waals surface area contributed by atoms with E-state index in [1.807, 2.05) is 44.2 Å². The summed E-state index contributed by atoms with van der Waals surface area (Å²) in [4.78, 5) is 55.3. The van der Waals surface area contributed by atoms with Crippen molar-refractivity contribution in [1.29, 1.82) is 0 Å². The summed E-state index contributed by atoms with van der Waals surface area (Å²) in [6, 6.07) is 12.4. The van der Waals surface area contributed by atoms with Crippen LogP contribution < -0.4 is 16.0 Å². The van der Waals surface area contributed by atoms with Crippen molar-refractivity contribution in [3.05, 3.63) is 66.0 Å². The van der Waals surface area contributed by atoms with E-state index in [4.69, 9.17) is 4.74 Å². The molecule has 2 aromatic rings. The molecule has 3 rings (SSSR count). The van der Waals surface area contributed by atoms with Gasteiger partial charge in [-0.15, -0.1) is 0 Å². The first-order chi connectivity index (χ1) is 17.6. The molecule has 0 saturated carbocycles. The third kappa shape index (κ3) is 9.09. The van der Waals surface area contributed by atoms with Crippen LogP contribution in [0, 0.1) is 5.92 Å². The first-order valence-electron chi connectivity index (χ1n) is 12.6. The van der Waals surface area contributed by atoms with Crippen molar-refractivity contribution >= 4 is 23.5 Å². The molecule has 2 heterocycles. The largest absolute Gasteiger partial charge is 0.376 e. The number of nitrogens with one attached hydrogen (secondary N) is 3. The van der Waals surface area contributed by atoms with Crippen LogP contribution in [0.25, 0.3) is 0 Å². The number of ketones is 1. The average Bonchev–Trinajstić information content (AvgIpc) is 2.87. The zero-order chi connectivity index (χ0) is 26.8. The number of Topliss-reactive ketones (excluding diaryl/α,β-unsaturated/α-hetero) is 1. The fraction of sp³-hybridized carbons (Fsp3) is 0.464. The third-order valence-electron chi connectivity index (χ3n) is 6.34. The monoisotopic (exact) mass is 508 g/mol. The molecular weight excluding hydrogens is 472 g/mol. The van der Waals surface area contributed by atoms with Gasteiger partial charge in [0, 0.05) is 25.6 Å². The lowest BCUT2D eigenvalue weighted by atomic mass is 9.86. The van der Waals surface area contributed by atoms with Crippen LogP contribution in [0.3, 0.4) is 0 Å². The number of rotatable bonds is 11. The molecule has 1 aliphatic heterocycles. The topological polar surface area (TPSA) is 126 Å². The molecule has 1 aromatic carbocycles. The molecular formula is C28H36N4O5. The number of amides is 3. The summed E-state index contributed by atoms with van der Waals surface area (Å²) in [6.45, 7) is 6.26. The van der Waals surface area contributed by atoms with E-state index >= 15 is 0 Å². The predicted octanol–water partition coefficient (Wildman–Crippen LogP) is 2.09. The highest BCUT2D eigenvalue weighted by molar-refractivity contribution is 6.38. The van der Waals surface area contributed by atoms with Crippen molar-refractivity contribution in [3.63, 3.8) is 0 Å². The van der Waals surface area contributed by atoms with Crippen LogP contribution in [0.1, 0.15) is 51.3 Å². The minimum atomic E-state index is -1.09. The number of pyridine rings is 1. The lowest BCUT2D eigenvalue weighted by molar-refractivity contribution is -0.140. The highest BCUT2D eigenvalue weighted by Crippen LogP contribution is 2.30. The molecule has 0 spiro atoms. The van der Waals surface area contributed by atoms with Crippen LogP contribution in [-0.4, -0.2) is 52.8 Å². The molecule has 9 heteroatoms. The second-order valence-electron chi connectivity index (χ2n) is 10.1. The van der Waals surface area contributed by atoms with Crippen molar-refractivity contribution in [2.75, 3.05) is 6.61 Å². The Morgan fingerprint density at radius 1 is 1.05 bits per heavy atom. The Morgan fingerprint density at radius 2 is 1.78 bits per heavy atom. The number of carbonyl (C=O) groups is 4. The second-order valence-corrected chi connectivity index (χ2v) is 10.1. The number of hydrogen-bond donors (Lipinski definition) is 3. The van der Waals surface area contributed by atoms with E-state index in [-0.39, 0.29) is 30.4 Å². The molecule has 0 bridgehead atoms. The summed E-state index contributed by atoms with van der Waals surface area (Å²) >= 11 is 0. The van der Waals surface area contributed by atoms with E-state index in [0.29, 0.717) is 18.7 Å². The van der Waals surface area contributed by atoms with E-state index in [1.165, 1.54) is 0 Å². The second kappa shape index (κ2) is 13.1. The Bertz CT molecular complexity index is 1070. The smallest absolute Gasteiger partial charge is 0.289 e. The van der Waals surface area contributed by atoms with Gasteiger partial charge >= 0.3 is 0 Å². The highest BCUT2D eigenvalue weighted by Gasteiger charge is 2.32. The van der Waals surface area contributed by atoms with Gasteiger partial charge in [0.1, 0.15) is 12.1 Å². The van der Waals surface area contributed by atoms with Crippen molar-refractivity contribution < 1.29 is 23.9 Å². The van der Waals surface area contributed by atoms with E-state index in [9.17, 15) is 19.2 Å². The fourth-order valence-electron chi connectivity index (χ4n) is 4.44. The maximum atomic E-state index is 13.0. The van der Waals surface area contributed by atoms with Crippen LogP contribution in [0.2, 0.25) is 0 Å². The van der Waals surface area contributed by atoms with Gasteiger partial charge in [-0.2, -0.15) is 0 Å². The minimum Gasteiger partial charge on any atom is -0.376 e. The lowest BCUT2D eigenvalue weighted by Gasteiger charge is -2.35. The number of ether oxygens (including phenoxy) is 1. The first-order valence-corrected chi connectivity index (χ1v) is 12.6. The summed E-state index contributed by atoms with van der Waals surface area (Å²) < 4.78 is 5.71. The zero-order valence-corrected chi connectivity index (χ0v) is 21.7. The average molecular weight is 509 g/mol. The van der Waals surface area contributed by atoms with E-state index in [0.717, 1.165) is 18.4 Å². The summed E-state index contributed by atoms with van der Waals surface area (Å²) in [7, 11) is 0. The summed E-state index contributed by atoms with van der Waals surface area (Å²) in [5.41, 5.74) is 1.13. The van der Waals surface area contributed by atoms with Gasteiger partial charge in [-0.05, 0) is 57.2 Å². The minimum absolute atomic E-state index is 0.0902. The molecule has 1 saturated heterocycles. The summed E-state index contributed by atoms with van der Waals surface area (Å²) in [5.74, 6) is -2.17. The molecule has 1 aromatic heterocycles. The van der Waals surface area contributed by atoms with Crippen molar-refractivity contribution in [2.45, 2.75) is 70.7 Å². The van der Waals surface area contributed by atoms with Crippen molar-refractivity contribution in [2.24, 2.45) is 5.92 Å². The number of nitrogens with zero attached hydrogens (tertiary/aromatic N) is 1. The van der Waals surface area contributed by atoms with E-state index in [2.05, 4.69) is 20.9 Å². The van der Waals surface area contributed by atoms with Gasteiger partial charge in [-0.1, -0.05) is 36.4 Å². The molecule has 0 aliphatic carbocycles. The van der Waals surface area contributed by atoms with Crippen LogP contribution in [0.4, 0.5) is 0 Å². The Balaban J connectivity index is 1.59. The standard InChI is InChI=1S/C28H36N4O5/c1-19(31-24(33)16-21-12-14-37-28(2,3)17-21)26(35)32-23(15-20-9-5-4-6-10-20)25(34)27(36)30-18-22-11-7-8-13-29-22/h4-11,13,19,21,23H,12,14-18H2,1-3H3,(H,30,36)(H,31,33)(H,32,35)/t19-,21?,23-/m1/s1. The molecule has 37 heavy (non-hydrogen) atoms. The summed E-state index contributed by atoms with van der Waals surface area (Å²) in [5, 5.41) is 7.96. The fourth-order valence-corrected chi connectivity index (χ4v) is 4.44. The van der Waals surface area contributed by atoms with Gasteiger partial charge < -0.3 is 20.7 Å². The number of carbonyl (C=O) groups excluding carboxylic acids is 4. The van der Waals surface area contributed by atoms with Crippen LogP contribution >= 0.6 is 0 Å². The number of benzene rings is 1. The third-order valence-corrected chi connectivity index (χ3v) is 6.34. The van der Waals surface area contributed by atoms with Crippen LogP contribution in [0.15, 0.2) is 54.7 Å². The normalized spacial score (nSPS) is 18.2. The molecule has 1 fully saturated rings. The number of hydrogen-bond acceptors (Lipinski definition) is 6. The Hall–Kier alpha value is -3.59. The van der Waals surface area contributed by atoms with Crippen molar-refractivity contribution in [3.8, 4) is 0 Å². The SMILES string of the molecule is C[C@@H](NC(=O)CC1CCOC(C)(C)C1)C(=O)N[C@H](Cc1ccccc1)C(=O)C(=O)NCc1ccccn1. The molecule has 0 radical (unpaired) electrons. The van der Waals surface area contributed by atoms with Gasteiger partial charge in [0.2, 0.25) is 17.6 Å². The van der Waals surface area contributed by atoms with Gasteiger partial charge in [0.05, 0.1) is 17.8 Å². The number of aromatic nitrogens is 1. The first kappa shape index (κ1) is 28.0. The molecule has 3 N–H and O–H groups in total. The van der Waals surface area contributed by atoms with Gasteiger partial charge in [0.25, 0.3) is 5.91 Å². The lowest BCUT2D eigenvalue weighted by Crippen LogP contribution is -2.53. The summed E-state index contributed by atoms with van der Waals surface area (Å²) in [6.07, 6.45) is 3.59. The molecule has 1 aliphatic rings. The Morgan fingerprint density at radius 3 is 2.46 bits per heavy atom. The molecule has 3 atom stereocenters. The zero-order valence-electron chi connectivity index (χ0n) is 21.7. The highest BCUT2D eigenvalue weighted by atomic mass is 16.5. The molecule has 1 unspecified atom stereocenters. The molecule has 198 valence electrons. The van der Waals surface area contributed by atoms with Gasteiger partial charge in [-0.25, -0.2) is 0 Å². The maximum absolute atomic E-state index is 13.0. The Kier molecular flexibility index (Phi) is 9.91. The van der Waals surface area contributed by atoms with Gasteiger partial charge in [-0.3, -0.25) is 24.2 Å². The van der Waals surface area contributed by atoms with Crippen molar-refractivity contribution in [1.82, 2.24) is 20.9 Å². The molecule has 3 amide bonds. The van der Waals surface area contributed by atoms with E-state index in [1.54, 1.807) is 31.3 Å². The Labute approximate surface area is 217 Å². The van der Waals surface area contributed by atoms with Crippen LogP contribution in [0.5, 0.6) is 0 Å². The predicted molar refractivity (Wildman–Crippen MR) is 138 cm³/mol. The maximum Gasteiger partial charge on any atom is 0.289 e. The van der Waals surface area contributed by atoms with Crippen LogP contribution in [-0.2, 0) is 36.9 Å².